The van der Waals surface area contributed by atoms with Gasteiger partial charge in [-0.1, -0.05) is 0 Å². The second kappa shape index (κ2) is 6.17. The summed E-state index contributed by atoms with van der Waals surface area (Å²) in [5.41, 5.74) is 1.28. The van der Waals surface area contributed by atoms with Crippen LogP contribution in [0, 0.1) is 0 Å². The van der Waals surface area contributed by atoms with Crippen molar-refractivity contribution in [3.8, 4) is 0 Å². The van der Waals surface area contributed by atoms with E-state index < -0.39 is 0 Å². The molecule has 1 aliphatic rings. The van der Waals surface area contributed by atoms with Crippen LogP contribution in [0.25, 0.3) is 0 Å². The summed E-state index contributed by atoms with van der Waals surface area (Å²) >= 11 is 0. The molecule has 1 N–H and O–H groups in total. The van der Waals surface area contributed by atoms with E-state index in [1.54, 1.807) is 0 Å². The zero-order valence-electron chi connectivity index (χ0n) is 11.0. The number of likely N-dealkylation sites (tertiary alicyclic amines) is 1. The molecule has 4 heteroatoms. The standard InChI is InChI=1S/C13H24N4/c1-3-17-11-13(10-15-17)9-14-8-12(2)16-6-4-5-7-16/h10-12,14H,3-9H2,1-2H3. The van der Waals surface area contributed by atoms with E-state index in [2.05, 4.69) is 35.4 Å². The highest BCUT2D eigenvalue weighted by Gasteiger charge is 2.17. The van der Waals surface area contributed by atoms with Gasteiger partial charge in [0.2, 0.25) is 0 Å². The average Bonchev–Trinajstić information content (AvgIpc) is 3.00. The molecule has 1 fully saturated rings. The minimum Gasteiger partial charge on any atom is -0.311 e. The SMILES string of the molecule is CCn1cc(CNCC(C)N2CCCC2)cn1. The lowest BCUT2D eigenvalue weighted by Gasteiger charge is -2.23. The molecule has 0 saturated carbocycles. The van der Waals surface area contributed by atoms with Crippen LogP contribution in [0.4, 0.5) is 0 Å². The molecule has 96 valence electrons. The molecule has 4 nitrogen and oxygen atoms in total. The maximum absolute atomic E-state index is 4.28. The molecule has 1 atom stereocenters. The molecule has 0 spiro atoms. The number of hydrogen-bond acceptors (Lipinski definition) is 3. The van der Waals surface area contributed by atoms with E-state index in [1.165, 1.54) is 31.5 Å². The van der Waals surface area contributed by atoms with E-state index in [1.807, 2.05) is 10.9 Å². The van der Waals surface area contributed by atoms with E-state index in [-0.39, 0.29) is 0 Å². The molecule has 0 radical (unpaired) electrons. The zero-order valence-corrected chi connectivity index (χ0v) is 11.0. The van der Waals surface area contributed by atoms with Gasteiger partial charge in [-0.15, -0.1) is 0 Å². The summed E-state index contributed by atoms with van der Waals surface area (Å²) in [6.07, 6.45) is 6.81. The van der Waals surface area contributed by atoms with Gasteiger partial charge in [-0.2, -0.15) is 5.10 Å². The molecular weight excluding hydrogens is 212 g/mol. The van der Waals surface area contributed by atoms with Gasteiger partial charge in [0.15, 0.2) is 0 Å². The maximum Gasteiger partial charge on any atom is 0.0534 e. The fourth-order valence-electron chi connectivity index (χ4n) is 2.41. The second-order valence-corrected chi connectivity index (χ2v) is 4.93. The quantitative estimate of drug-likeness (QED) is 0.812. The van der Waals surface area contributed by atoms with Crippen molar-refractivity contribution in [1.29, 1.82) is 0 Å². The predicted molar refractivity (Wildman–Crippen MR) is 69.9 cm³/mol. The van der Waals surface area contributed by atoms with Gasteiger partial charge in [-0.25, -0.2) is 0 Å². The Labute approximate surface area is 104 Å². The molecule has 1 aromatic heterocycles. The topological polar surface area (TPSA) is 33.1 Å². The van der Waals surface area contributed by atoms with Crippen molar-refractivity contribution in [1.82, 2.24) is 20.0 Å². The van der Waals surface area contributed by atoms with Gasteiger partial charge in [-0.3, -0.25) is 9.58 Å². The Morgan fingerprint density at radius 2 is 2.18 bits per heavy atom. The molecule has 1 aromatic rings. The third-order valence-electron chi connectivity index (χ3n) is 3.54. The number of aromatic nitrogens is 2. The Bertz CT molecular complexity index is 328. The fraction of sp³-hybridized carbons (Fsp3) is 0.769. The van der Waals surface area contributed by atoms with E-state index in [0.717, 1.165) is 19.6 Å². The highest BCUT2D eigenvalue weighted by Crippen LogP contribution is 2.10. The molecule has 1 saturated heterocycles. The fourth-order valence-corrected chi connectivity index (χ4v) is 2.41. The van der Waals surface area contributed by atoms with Gasteiger partial charge in [0.25, 0.3) is 0 Å². The van der Waals surface area contributed by atoms with Gasteiger partial charge in [0.05, 0.1) is 6.20 Å². The Morgan fingerprint density at radius 3 is 2.82 bits per heavy atom. The summed E-state index contributed by atoms with van der Waals surface area (Å²) in [7, 11) is 0. The van der Waals surface area contributed by atoms with Crippen LogP contribution in [0.5, 0.6) is 0 Å². The van der Waals surface area contributed by atoms with Gasteiger partial charge >= 0.3 is 0 Å². The smallest absolute Gasteiger partial charge is 0.0534 e. The van der Waals surface area contributed by atoms with E-state index in [9.17, 15) is 0 Å². The third-order valence-corrected chi connectivity index (χ3v) is 3.54. The summed E-state index contributed by atoms with van der Waals surface area (Å²) in [6, 6.07) is 0.652. The maximum atomic E-state index is 4.28. The van der Waals surface area contributed by atoms with Gasteiger partial charge in [0, 0.05) is 37.4 Å². The molecule has 1 aliphatic heterocycles. The van der Waals surface area contributed by atoms with E-state index >= 15 is 0 Å². The van der Waals surface area contributed by atoms with E-state index in [0.29, 0.717) is 6.04 Å². The van der Waals surface area contributed by atoms with Crippen molar-refractivity contribution in [2.75, 3.05) is 19.6 Å². The lowest BCUT2D eigenvalue weighted by atomic mass is 10.3. The molecule has 0 aromatic carbocycles. The summed E-state index contributed by atoms with van der Waals surface area (Å²) in [5, 5.41) is 7.80. The Morgan fingerprint density at radius 1 is 1.41 bits per heavy atom. The van der Waals surface area contributed by atoms with Gasteiger partial charge < -0.3 is 5.32 Å². The Kier molecular flexibility index (Phi) is 4.57. The minimum atomic E-state index is 0.652. The van der Waals surface area contributed by atoms with Crippen LogP contribution < -0.4 is 5.32 Å². The van der Waals surface area contributed by atoms with E-state index in [4.69, 9.17) is 0 Å². The molecule has 17 heavy (non-hydrogen) atoms. The van der Waals surface area contributed by atoms with Crippen LogP contribution in [0.2, 0.25) is 0 Å². The first kappa shape index (κ1) is 12.6. The van der Waals surface area contributed by atoms with Crippen molar-refractivity contribution in [3.63, 3.8) is 0 Å². The van der Waals surface area contributed by atoms with Crippen LogP contribution in [-0.2, 0) is 13.1 Å². The van der Waals surface area contributed by atoms with Crippen molar-refractivity contribution in [3.05, 3.63) is 18.0 Å². The van der Waals surface area contributed by atoms with Crippen molar-refractivity contribution in [2.45, 2.75) is 45.8 Å². The van der Waals surface area contributed by atoms with Crippen LogP contribution >= 0.6 is 0 Å². The number of nitrogens with zero attached hydrogens (tertiary/aromatic N) is 3. The first-order valence-corrected chi connectivity index (χ1v) is 6.75. The third kappa shape index (κ3) is 3.54. The first-order chi connectivity index (χ1) is 8.29. The lowest BCUT2D eigenvalue weighted by Crippen LogP contribution is -2.38. The van der Waals surface area contributed by atoms with Crippen LogP contribution in [0.15, 0.2) is 12.4 Å². The average molecular weight is 236 g/mol. The second-order valence-electron chi connectivity index (χ2n) is 4.93. The molecule has 2 heterocycles. The van der Waals surface area contributed by atoms with Gasteiger partial charge in [0.1, 0.15) is 0 Å². The monoisotopic (exact) mass is 236 g/mol. The van der Waals surface area contributed by atoms with Crippen LogP contribution in [0.3, 0.4) is 0 Å². The minimum absolute atomic E-state index is 0.652. The number of nitrogens with one attached hydrogen (secondary N) is 1. The highest BCUT2D eigenvalue weighted by molar-refractivity contribution is 5.03. The zero-order chi connectivity index (χ0) is 12.1. The van der Waals surface area contributed by atoms with Crippen LogP contribution in [0.1, 0.15) is 32.3 Å². The largest absolute Gasteiger partial charge is 0.311 e. The molecule has 1 unspecified atom stereocenters. The van der Waals surface area contributed by atoms with Gasteiger partial charge in [-0.05, 0) is 39.8 Å². The van der Waals surface area contributed by atoms with Crippen molar-refractivity contribution in [2.24, 2.45) is 0 Å². The molecule has 0 aliphatic carbocycles. The van der Waals surface area contributed by atoms with Crippen LogP contribution in [-0.4, -0.2) is 40.4 Å². The number of rotatable bonds is 6. The summed E-state index contributed by atoms with van der Waals surface area (Å²) < 4.78 is 1.97. The lowest BCUT2D eigenvalue weighted by molar-refractivity contribution is 0.251. The van der Waals surface area contributed by atoms with Crippen molar-refractivity contribution >= 4 is 0 Å². The first-order valence-electron chi connectivity index (χ1n) is 6.75. The molecule has 0 bridgehead atoms. The molecular formula is C13H24N4. The molecule has 0 amide bonds. The summed E-state index contributed by atoms with van der Waals surface area (Å²) in [4.78, 5) is 2.57. The Balaban J connectivity index is 1.68. The van der Waals surface area contributed by atoms with Crippen molar-refractivity contribution < 1.29 is 0 Å². The summed E-state index contributed by atoms with van der Waals surface area (Å²) in [6.45, 7) is 9.92. The summed E-state index contributed by atoms with van der Waals surface area (Å²) in [5.74, 6) is 0. The normalized spacial score (nSPS) is 18.7. The Hall–Kier alpha value is -0.870. The highest BCUT2D eigenvalue weighted by atomic mass is 15.3. The number of hydrogen-bond donors (Lipinski definition) is 1. The predicted octanol–water partition coefficient (Wildman–Crippen LogP) is 1.48. The molecule has 2 rings (SSSR count). The number of aryl methyl sites for hydroxylation is 1.